The first-order valence-electron chi connectivity index (χ1n) is 7.35. The lowest BCUT2D eigenvalue weighted by Crippen LogP contribution is -2.57. The summed E-state index contributed by atoms with van der Waals surface area (Å²) < 4.78 is 0. The summed E-state index contributed by atoms with van der Waals surface area (Å²) in [5.41, 5.74) is -1.11. The van der Waals surface area contributed by atoms with E-state index in [-0.39, 0.29) is 5.91 Å². The van der Waals surface area contributed by atoms with Crippen LogP contribution in [-0.2, 0) is 9.59 Å². The normalized spacial score (nSPS) is 22.6. The van der Waals surface area contributed by atoms with Crippen LogP contribution in [0.15, 0.2) is 0 Å². The predicted molar refractivity (Wildman–Crippen MR) is 75.5 cm³/mol. The molecule has 0 radical (unpaired) electrons. The van der Waals surface area contributed by atoms with E-state index in [1.54, 1.807) is 4.90 Å². The Morgan fingerprint density at radius 2 is 1.75 bits per heavy atom. The van der Waals surface area contributed by atoms with Crippen molar-refractivity contribution >= 4 is 11.9 Å². The molecule has 0 bridgehead atoms. The van der Waals surface area contributed by atoms with Gasteiger partial charge in [-0.2, -0.15) is 0 Å². The van der Waals surface area contributed by atoms with Gasteiger partial charge < -0.3 is 14.9 Å². The number of carbonyl (C=O) groups is 2. The Morgan fingerprint density at radius 3 is 2.15 bits per heavy atom. The maximum atomic E-state index is 12.4. The lowest BCUT2D eigenvalue weighted by molar-refractivity contribution is -0.168. The lowest BCUT2D eigenvalue weighted by Gasteiger charge is -2.43. The van der Waals surface area contributed by atoms with E-state index in [0.717, 1.165) is 32.6 Å². The summed E-state index contributed by atoms with van der Waals surface area (Å²) in [4.78, 5) is 30.0. The number of carboxylic acids is 1. The van der Waals surface area contributed by atoms with Gasteiger partial charge in [-0.25, -0.2) is 0 Å². The van der Waals surface area contributed by atoms with E-state index in [2.05, 4.69) is 9.80 Å². The number of piperazine rings is 1. The topological polar surface area (TPSA) is 64.1 Å². The van der Waals surface area contributed by atoms with Crippen LogP contribution in [0.3, 0.4) is 0 Å². The largest absolute Gasteiger partial charge is 0.480 e. The van der Waals surface area contributed by atoms with E-state index in [1.807, 2.05) is 14.1 Å². The minimum atomic E-state index is -1.11. The van der Waals surface area contributed by atoms with Gasteiger partial charge in [0.05, 0.1) is 0 Å². The van der Waals surface area contributed by atoms with Crippen molar-refractivity contribution in [3.63, 3.8) is 0 Å². The van der Waals surface area contributed by atoms with E-state index >= 15 is 0 Å². The molecule has 20 heavy (non-hydrogen) atoms. The first-order chi connectivity index (χ1) is 9.45. The van der Waals surface area contributed by atoms with E-state index in [9.17, 15) is 14.7 Å². The van der Waals surface area contributed by atoms with E-state index in [1.165, 1.54) is 0 Å². The molecule has 1 saturated heterocycles. The van der Waals surface area contributed by atoms with Gasteiger partial charge in [-0.3, -0.25) is 14.5 Å². The molecule has 1 N–H and O–H groups in total. The Hall–Kier alpha value is -1.14. The molecule has 6 nitrogen and oxygen atoms in total. The van der Waals surface area contributed by atoms with E-state index in [0.29, 0.717) is 25.9 Å². The molecule has 2 fully saturated rings. The molecule has 114 valence electrons. The van der Waals surface area contributed by atoms with E-state index in [4.69, 9.17) is 0 Å². The third kappa shape index (κ3) is 2.96. The van der Waals surface area contributed by atoms with Gasteiger partial charge in [0, 0.05) is 39.3 Å². The Balaban J connectivity index is 1.84. The number of aliphatic carboxylic acids is 1. The molecule has 1 amide bonds. The highest BCUT2D eigenvalue weighted by Gasteiger charge is 2.53. The summed E-state index contributed by atoms with van der Waals surface area (Å²) in [5, 5.41) is 9.32. The highest BCUT2D eigenvalue weighted by molar-refractivity contribution is 6.02. The Kier molecular flexibility index (Phi) is 4.65. The highest BCUT2D eigenvalue weighted by atomic mass is 16.4. The summed E-state index contributed by atoms with van der Waals surface area (Å²) in [6.07, 6.45) is 1.85. The molecule has 1 aliphatic carbocycles. The number of hydrogen-bond donors (Lipinski definition) is 1. The molecule has 0 aromatic carbocycles. The number of carbonyl (C=O) groups excluding carboxylic acids is 1. The minimum Gasteiger partial charge on any atom is -0.480 e. The Bertz CT molecular complexity index is 372. The second-order valence-electron chi connectivity index (χ2n) is 6.18. The highest BCUT2D eigenvalue weighted by Crippen LogP contribution is 2.42. The number of hydrogen-bond acceptors (Lipinski definition) is 4. The van der Waals surface area contributed by atoms with Crippen molar-refractivity contribution in [3.8, 4) is 0 Å². The number of carboxylic acid groups (broad SMARTS) is 1. The summed E-state index contributed by atoms with van der Waals surface area (Å²) in [6, 6.07) is 0. The van der Waals surface area contributed by atoms with E-state index < -0.39 is 11.4 Å². The van der Waals surface area contributed by atoms with Crippen LogP contribution in [0.1, 0.15) is 19.3 Å². The Morgan fingerprint density at radius 1 is 1.15 bits per heavy atom. The van der Waals surface area contributed by atoms with Crippen LogP contribution in [0.2, 0.25) is 0 Å². The van der Waals surface area contributed by atoms with Crippen LogP contribution >= 0.6 is 0 Å². The second kappa shape index (κ2) is 6.10. The van der Waals surface area contributed by atoms with Crippen LogP contribution in [-0.4, -0.2) is 85.0 Å². The smallest absolute Gasteiger partial charge is 0.319 e. The SMILES string of the molecule is CN(C)CCN1CCN(C(=O)C2(C(=O)O)CCC2)CC1. The summed E-state index contributed by atoms with van der Waals surface area (Å²) in [6.45, 7) is 5.00. The third-order valence-electron chi connectivity index (χ3n) is 4.55. The first-order valence-corrected chi connectivity index (χ1v) is 7.35. The van der Waals surface area contributed by atoms with Gasteiger partial charge in [-0.15, -0.1) is 0 Å². The van der Waals surface area contributed by atoms with Crippen LogP contribution < -0.4 is 0 Å². The molecule has 1 heterocycles. The zero-order valence-electron chi connectivity index (χ0n) is 12.5. The zero-order valence-corrected chi connectivity index (χ0v) is 12.5. The summed E-state index contributed by atoms with van der Waals surface area (Å²) in [5.74, 6) is -1.10. The zero-order chi connectivity index (χ0) is 14.8. The van der Waals surface area contributed by atoms with Crippen molar-refractivity contribution in [1.29, 1.82) is 0 Å². The van der Waals surface area contributed by atoms with Gasteiger partial charge in [-0.1, -0.05) is 6.42 Å². The molecule has 1 aliphatic heterocycles. The molecule has 1 saturated carbocycles. The molecular formula is C14H25N3O3. The number of amides is 1. The number of nitrogens with zero attached hydrogens (tertiary/aromatic N) is 3. The number of rotatable bonds is 5. The van der Waals surface area contributed by atoms with Gasteiger partial charge in [0.1, 0.15) is 5.41 Å². The third-order valence-corrected chi connectivity index (χ3v) is 4.55. The second-order valence-corrected chi connectivity index (χ2v) is 6.18. The fourth-order valence-corrected chi connectivity index (χ4v) is 2.87. The van der Waals surface area contributed by atoms with Crippen LogP contribution in [0.25, 0.3) is 0 Å². The monoisotopic (exact) mass is 283 g/mol. The van der Waals surface area contributed by atoms with Crippen LogP contribution in [0.5, 0.6) is 0 Å². The quantitative estimate of drug-likeness (QED) is 0.717. The summed E-state index contributed by atoms with van der Waals surface area (Å²) in [7, 11) is 4.10. The fourth-order valence-electron chi connectivity index (χ4n) is 2.87. The number of likely N-dealkylation sites (N-methyl/N-ethyl adjacent to an activating group) is 1. The molecule has 6 heteroatoms. The van der Waals surface area contributed by atoms with Gasteiger partial charge in [0.15, 0.2) is 0 Å². The minimum absolute atomic E-state index is 0.163. The Labute approximate surface area is 120 Å². The van der Waals surface area contributed by atoms with Crippen molar-refractivity contribution in [2.24, 2.45) is 5.41 Å². The lowest BCUT2D eigenvalue weighted by atomic mass is 9.67. The van der Waals surface area contributed by atoms with Crippen molar-refractivity contribution in [3.05, 3.63) is 0 Å². The van der Waals surface area contributed by atoms with Gasteiger partial charge >= 0.3 is 5.97 Å². The van der Waals surface area contributed by atoms with Gasteiger partial charge in [-0.05, 0) is 26.9 Å². The summed E-state index contributed by atoms with van der Waals surface area (Å²) >= 11 is 0. The van der Waals surface area contributed by atoms with Gasteiger partial charge in [0.25, 0.3) is 0 Å². The molecule has 0 unspecified atom stereocenters. The van der Waals surface area contributed by atoms with Crippen molar-refractivity contribution < 1.29 is 14.7 Å². The maximum absolute atomic E-state index is 12.4. The van der Waals surface area contributed by atoms with Crippen LogP contribution in [0, 0.1) is 5.41 Å². The van der Waals surface area contributed by atoms with Crippen molar-refractivity contribution in [2.45, 2.75) is 19.3 Å². The molecule has 0 spiro atoms. The molecular weight excluding hydrogens is 258 g/mol. The first kappa shape index (κ1) is 15.3. The average molecular weight is 283 g/mol. The molecule has 2 aliphatic rings. The molecule has 0 aromatic heterocycles. The standard InChI is InChI=1S/C14H25N3O3/c1-15(2)6-7-16-8-10-17(11-9-16)12(18)14(13(19)20)4-3-5-14/h3-11H2,1-2H3,(H,19,20). The molecule has 2 rings (SSSR count). The van der Waals surface area contributed by atoms with Gasteiger partial charge in [0.2, 0.25) is 5.91 Å². The van der Waals surface area contributed by atoms with Crippen molar-refractivity contribution in [2.75, 3.05) is 53.4 Å². The predicted octanol–water partition coefficient (Wildman–Crippen LogP) is -0.0529. The fraction of sp³-hybridized carbons (Fsp3) is 0.857. The maximum Gasteiger partial charge on any atom is 0.319 e. The molecule has 0 aromatic rings. The average Bonchev–Trinajstić information content (AvgIpc) is 2.35. The van der Waals surface area contributed by atoms with Crippen molar-refractivity contribution in [1.82, 2.24) is 14.7 Å². The molecule has 0 atom stereocenters. The van der Waals surface area contributed by atoms with Crippen LogP contribution in [0.4, 0.5) is 0 Å².